The number of alkyl halides is 2. The Morgan fingerprint density at radius 1 is 1.60 bits per heavy atom. The minimum atomic E-state index is -2.62. The highest BCUT2D eigenvalue weighted by Crippen LogP contribution is 2.28. The van der Waals surface area contributed by atoms with E-state index in [1.54, 1.807) is 0 Å². The molecule has 4 N–H and O–H groups in total. The predicted octanol–water partition coefficient (Wildman–Crippen LogP) is -0.726. The fraction of sp³-hybridized carbons (Fsp3) is 0.636. The second-order valence-corrected chi connectivity index (χ2v) is 4.55. The Bertz CT molecular complexity index is 537. The summed E-state index contributed by atoms with van der Waals surface area (Å²) in [6, 6.07) is 0. The largest absolute Gasteiger partial charge is 0.394 e. The second-order valence-electron chi connectivity index (χ2n) is 4.55. The fourth-order valence-electron chi connectivity index (χ4n) is 2.10. The summed E-state index contributed by atoms with van der Waals surface area (Å²) in [4.78, 5) is 15.2. The molecule has 0 spiro atoms. The molecular formula is C11H15F2N3O4. The zero-order valence-corrected chi connectivity index (χ0v) is 10.4. The zero-order chi connectivity index (χ0) is 14.9. The van der Waals surface area contributed by atoms with Crippen molar-refractivity contribution >= 4 is 5.82 Å². The van der Waals surface area contributed by atoms with Gasteiger partial charge in [0, 0.05) is 24.6 Å². The van der Waals surface area contributed by atoms with Gasteiger partial charge in [-0.2, -0.15) is 4.98 Å². The van der Waals surface area contributed by atoms with Gasteiger partial charge in [-0.05, 0) is 0 Å². The number of halogens is 2. The quantitative estimate of drug-likeness (QED) is 0.675. The van der Waals surface area contributed by atoms with Gasteiger partial charge in [0.1, 0.15) is 18.1 Å². The van der Waals surface area contributed by atoms with Gasteiger partial charge in [0.15, 0.2) is 0 Å². The highest BCUT2D eigenvalue weighted by molar-refractivity contribution is 5.37. The highest BCUT2D eigenvalue weighted by atomic mass is 19.3. The van der Waals surface area contributed by atoms with Gasteiger partial charge in [0.2, 0.25) is 6.43 Å². The Labute approximate surface area is 112 Å². The molecule has 7 nitrogen and oxygen atoms in total. The highest BCUT2D eigenvalue weighted by Gasteiger charge is 2.35. The van der Waals surface area contributed by atoms with E-state index in [1.807, 2.05) is 0 Å². The zero-order valence-electron chi connectivity index (χ0n) is 10.4. The average molecular weight is 291 g/mol. The minimum absolute atomic E-state index is 0.0325. The lowest BCUT2D eigenvalue weighted by Gasteiger charge is -2.16. The molecule has 3 atom stereocenters. The predicted molar refractivity (Wildman–Crippen MR) is 64.2 cm³/mol. The third kappa shape index (κ3) is 2.94. The Kier molecular flexibility index (Phi) is 4.31. The first-order valence-corrected chi connectivity index (χ1v) is 6.02. The first kappa shape index (κ1) is 14.8. The van der Waals surface area contributed by atoms with Crippen LogP contribution < -0.4 is 11.4 Å². The van der Waals surface area contributed by atoms with E-state index in [0.717, 1.165) is 10.8 Å². The molecule has 0 aromatic carbocycles. The Balaban J connectivity index is 2.30. The van der Waals surface area contributed by atoms with Gasteiger partial charge >= 0.3 is 5.69 Å². The van der Waals surface area contributed by atoms with Crippen molar-refractivity contribution < 1.29 is 23.7 Å². The van der Waals surface area contributed by atoms with Crippen molar-refractivity contribution in [1.82, 2.24) is 9.55 Å². The standard InChI is InChI=1S/C11H15F2N3O4/c12-8(13)1-5-3-16(11(19)15-10(5)14)9-2-6(18)7(4-17)20-9/h3,6-9,17-18H,1-2,4H2,(H2,14,15,19)/t6-,7+,9+/m0/s1. The maximum absolute atomic E-state index is 12.4. The summed E-state index contributed by atoms with van der Waals surface area (Å²) < 4.78 is 31.1. The third-order valence-corrected chi connectivity index (χ3v) is 3.13. The number of nitrogens with zero attached hydrogens (tertiary/aromatic N) is 2. The van der Waals surface area contributed by atoms with E-state index < -0.39 is 43.6 Å². The van der Waals surface area contributed by atoms with Crippen LogP contribution >= 0.6 is 0 Å². The lowest BCUT2D eigenvalue weighted by molar-refractivity contribution is -0.0459. The van der Waals surface area contributed by atoms with Gasteiger partial charge in [0.25, 0.3) is 0 Å². The molecule has 1 aliphatic rings. The number of hydrogen-bond acceptors (Lipinski definition) is 6. The molecule has 0 unspecified atom stereocenters. The first-order valence-electron chi connectivity index (χ1n) is 6.02. The number of aromatic nitrogens is 2. The lowest BCUT2D eigenvalue weighted by atomic mass is 10.2. The van der Waals surface area contributed by atoms with Crippen LogP contribution in [0.2, 0.25) is 0 Å². The monoisotopic (exact) mass is 291 g/mol. The van der Waals surface area contributed by atoms with Gasteiger partial charge < -0.3 is 20.7 Å². The van der Waals surface area contributed by atoms with Gasteiger partial charge in [-0.15, -0.1) is 0 Å². The van der Waals surface area contributed by atoms with Crippen LogP contribution in [-0.2, 0) is 11.2 Å². The summed E-state index contributed by atoms with van der Waals surface area (Å²) in [5.41, 5.74) is 4.71. The average Bonchev–Trinajstić information content (AvgIpc) is 2.73. The summed E-state index contributed by atoms with van der Waals surface area (Å²) in [7, 11) is 0. The van der Waals surface area contributed by atoms with E-state index in [9.17, 15) is 18.7 Å². The van der Waals surface area contributed by atoms with Crippen molar-refractivity contribution in [3.05, 3.63) is 22.2 Å². The Morgan fingerprint density at radius 3 is 2.85 bits per heavy atom. The van der Waals surface area contributed by atoms with E-state index in [-0.39, 0.29) is 17.8 Å². The molecule has 1 aromatic heterocycles. The first-order chi connectivity index (χ1) is 9.42. The molecule has 1 fully saturated rings. The van der Waals surface area contributed by atoms with E-state index in [4.69, 9.17) is 15.6 Å². The molecule has 0 bridgehead atoms. The van der Waals surface area contributed by atoms with Crippen LogP contribution in [0.3, 0.4) is 0 Å². The molecule has 20 heavy (non-hydrogen) atoms. The van der Waals surface area contributed by atoms with Crippen LogP contribution in [0.25, 0.3) is 0 Å². The van der Waals surface area contributed by atoms with Crippen molar-refractivity contribution in [2.75, 3.05) is 12.3 Å². The number of rotatable bonds is 4. The second kappa shape index (κ2) is 5.81. The van der Waals surface area contributed by atoms with Crippen molar-refractivity contribution in [1.29, 1.82) is 0 Å². The van der Waals surface area contributed by atoms with E-state index >= 15 is 0 Å². The van der Waals surface area contributed by atoms with Gasteiger partial charge in [-0.1, -0.05) is 0 Å². The molecule has 112 valence electrons. The summed E-state index contributed by atoms with van der Waals surface area (Å²) >= 11 is 0. The summed E-state index contributed by atoms with van der Waals surface area (Å²) in [5.74, 6) is -0.246. The molecule has 9 heteroatoms. The van der Waals surface area contributed by atoms with E-state index in [2.05, 4.69) is 4.98 Å². The molecule has 2 heterocycles. The van der Waals surface area contributed by atoms with Gasteiger partial charge in [0.05, 0.1) is 12.7 Å². The summed E-state index contributed by atoms with van der Waals surface area (Å²) in [6.07, 6.45) is -4.64. The summed E-state index contributed by atoms with van der Waals surface area (Å²) in [5, 5.41) is 18.6. The molecule has 1 aromatic rings. The minimum Gasteiger partial charge on any atom is -0.394 e. The number of anilines is 1. The molecule has 0 radical (unpaired) electrons. The number of nitrogen functional groups attached to an aromatic ring is 1. The number of nitrogens with two attached hydrogens (primary N) is 1. The molecule has 1 aliphatic heterocycles. The van der Waals surface area contributed by atoms with Crippen molar-refractivity contribution in [2.45, 2.75) is 37.7 Å². The van der Waals surface area contributed by atoms with Gasteiger partial charge in [-0.25, -0.2) is 13.6 Å². The third-order valence-electron chi connectivity index (χ3n) is 3.13. The van der Waals surface area contributed by atoms with Crippen LogP contribution in [0.4, 0.5) is 14.6 Å². The molecular weight excluding hydrogens is 276 g/mol. The van der Waals surface area contributed by atoms with Crippen LogP contribution in [0.15, 0.2) is 11.0 Å². The Morgan fingerprint density at radius 2 is 2.30 bits per heavy atom. The maximum Gasteiger partial charge on any atom is 0.351 e. The maximum atomic E-state index is 12.4. The molecule has 0 amide bonds. The molecule has 1 saturated heterocycles. The lowest BCUT2D eigenvalue weighted by Crippen LogP contribution is -2.29. The van der Waals surface area contributed by atoms with Crippen molar-refractivity contribution in [3.63, 3.8) is 0 Å². The van der Waals surface area contributed by atoms with Crippen molar-refractivity contribution in [2.24, 2.45) is 0 Å². The smallest absolute Gasteiger partial charge is 0.351 e. The van der Waals surface area contributed by atoms with Crippen LogP contribution in [0.1, 0.15) is 18.2 Å². The number of ether oxygens (including phenoxy) is 1. The number of aliphatic hydroxyl groups is 2. The molecule has 0 saturated carbocycles. The van der Waals surface area contributed by atoms with Crippen LogP contribution in [0.5, 0.6) is 0 Å². The van der Waals surface area contributed by atoms with E-state index in [1.165, 1.54) is 0 Å². The summed E-state index contributed by atoms with van der Waals surface area (Å²) in [6.45, 7) is -0.404. The number of hydrogen-bond donors (Lipinski definition) is 3. The number of aliphatic hydroxyl groups excluding tert-OH is 2. The van der Waals surface area contributed by atoms with Crippen LogP contribution in [-0.4, -0.2) is 45.0 Å². The Hall–Kier alpha value is -1.58. The fourth-order valence-corrected chi connectivity index (χ4v) is 2.10. The van der Waals surface area contributed by atoms with Crippen LogP contribution in [0, 0.1) is 0 Å². The SMILES string of the molecule is Nc1nc(=O)n([C@H]2C[C@H](O)[C@@H](CO)O2)cc1CC(F)F. The molecule has 2 rings (SSSR count). The normalized spacial score (nSPS) is 26.4. The molecule has 0 aliphatic carbocycles. The van der Waals surface area contributed by atoms with E-state index in [0.29, 0.717) is 0 Å². The van der Waals surface area contributed by atoms with Gasteiger partial charge in [-0.3, -0.25) is 4.57 Å². The topological polar surface area (TPSA) is 111 Å². The van der Waals surface area contributed by atoms with Crippen molar-refractivity contribution in [3.8, 4) is 0 Å².